The smallest absolute Gasteiger partial charge is 0.305 e. The van der Waals surface area contributed by atoms with Crippen molar-refractivity contribution in [3.8, 4) is 0 Å². The Balaban J connectivity index is 3.15. The van der Waals surface area contributed by atoms with Crippen molar-refractivity contribution in [1.82, 2.24) is 0 Å². The van der Waals surface area contributed by atoms with Gasteiger partial charge in [0, 0.05) is 6.42 Å². The van der Waals surface area contributed by atoms with Crippen molar-refractivity contribution in [3.05, 3.63) is 12.2 Å². The van der Waals surface area contributed by atoms with Crippen LogP contribution in [0.5, 0.6) is 0 Å². The van der Waals surface area contributed by atoms with Gasteiger partial charge in [0.2, 0.25) is 0 Å². The molecule has 0 amide bonds. The summed E-state index contributed by atoms with van der Waals surface area (Å²) >= 11 is 0. The van der Waals surface area contributed by atoms with Crippen LogP contribution in [0.15, 0.2) is 12.2 Å². The van der Waals surface area contributed by atoms with Crippen LogP contribution in [-0.2, 0) is 9.53 Å². The van der Waals surface area contributed by atoms with Crippen LogP contribution in [0.4, 0.5) is 0 Å². The maximum atomic E-state index is 12.0. The van der Waals surface area contributed by atoms with Crippen LogP contribution < -0.4 is 0 Å². The molecule has 0 aromatic heterocycles. The van der Waals surface area contributed by atoms with Crippen molar-refractivity contribution in [1.29, 1.82) is 0 Å². The molecule has 1 atom stereocenters. The molecule has 0 saturated carbocycles. The summed E-state index contributed by atoms with van der Waals surface area (Å²) in [6.45, 7) is 7.62. The highest BCUT2D eigenvalue weighted by atomic mass is 16.5. The van der Waals surface area contributed by atoms with Crippen molar-refractivity contribution < 1.29 is 9.53 Å². The van der Waals surface area contributed by atoms with E-state index < -0.39 is 0 Å². The minimum atomic E-state index is 0.0195. The first-order chi connectivity index (χ1) is 24.7. The molecule has 0 rings (SSSR count). The number of hydrogen-bond acceptors (Lipinski definition) is 2. The largest absolute Gasteiger partial charge is 0.466 e. The minimum absolute atomic E-state index is 0.0195. The Morgan fingerprint density at radius 3 is 1.12 bits per heavy atom. The fraction of sp³-hybridized carbons (Fsp3) is 0.938. The molecule has 0 fully saturated rings. The van der Waals surface area contributed by atoms with Crippen molar-refractivity contribution in [2.75, 3.05) is 6.61 Å². The lowest BCUT2D eigenvalue weighted by Crippen LogP contribution is -2.05. The van der Waals surface area contributed by atoms with Gasteiger partial charge in [0.15, 0.2) is 0 Å². The third-order valence-corrected chi connectivity index (χ3v) is 11.2. The Morgan fingerprint density at radius 2 is 0.740 bits per heavy atom. The van der Waals surface area contributed by atoms with Gasteiger partial charge in [0.05, 0.1) is 6.61 Å². The second kappa shape index (κ2) is 44.4. The number of hydrogen-bond donors (Lipinski definition) is 0. The van der Waals surface area contributed by atoms with Crippen LogP contribution in [0.3, 0.4) is 0 Å². The summed E-state index contributed by atoms with van der Waals surface area (Å²) in [6, 6.07) is 0. The molecule has 0 spiro atoms. The maximum Gasteiger partial charge on any atom is 0.305 e. The predicted octanol–water partition coefficient (Wildman–Crippen LogP) is 17.4. The molecule has 2 heteroatoms. The molecule has 0 bridgehead atoms. The van der Waals surface area contributed by atoms with Gasteiger partial charge in [-0.1, -0.05) is 245 Å². The van der Waals surface area contributed by atoms with Crippen LogP contribution in [0.1, 0.15) is 278 Å². The summed E-state index contributed by atoms with van der Waals surface area (Å²) in [5.41, 5.74) is 0. The van der Waals surface area contributed by atoms with Crippen molar-refractivity contribution >= 4 is 5.97 Å². The van der Waals surface area contributed by atoms with E-state index in [4.69, 9.17) is 4.74 Å². The second-order valence-electron chi connectivity index (χ2n) is 16.3. The summed E-state index contributed by atoms with van der Waals surface area (Å²) < 4.78 is 5.46. The monoisotopic (exact) mass is 703 g/mol. The minimum Gasteiger partial charge on any atom is -0.466 e. The van der Waals surface area contributed by atoms with E-state index >= 15 is 0 Å². The van der Waals surface area contributed by atoms with Crippen LogP contribution in [0, 0.1) is 5.92 Å². The molecular formula is C48H94O2. The molecule has 0 heterocycles. The number of rotatable bonds is 43. The SMILES string of the molecule is CCCCCC/C=C\CCCCCCCC(=O)OCCCCCCCCCCCCCCCCCCCCCCCCCCCCC(C)CC. The van der Waals surface area contributed by atoms with Gasteiger partial charge >= 0.3 is 5.97 Å². The molecule has 0 aliphatic carbocycles. The quantitative estimate of drug-likeness (QED) is 0.0359. The molecule has 0 aliphatic heterocycles. The number of esters is 1. The molecule has 0 N–H and O–H groups in total. The predicted molar refractivity (Wildman–Crippen MR) is 225 cm³/mol. The molecular weight excluding hydrogens is 609 g/mol. The molecule has 0 aromatic carbocycles. The molecule has 0 aliphatic rings. The van der Waals surface area contributed by atoms with E-state index in [9.17, 15) is 4.79 Å². The lowest BCUT2D eigenvalue weighted by molar-refractivity contribution is -0.143. The number of unbranched alkanes of at least 4 members (excludes halogenated alkanes) is 34. The van der Waals surface area contributed by atoms with Crippen molar-refractivity contribution in [2.24, 2.45) is 5.92 Å². The Morgan fingerprint density at radius 1 is 0.420 bits per heavy atom. The first kappa shape index (κ1) is 49.2. The molecule has 0 aromatic rings. The molecule has 50 heavy (non-hydrogen) atoms. The van der Waals surface area contributed by atoms with E-state index in [0.717, 1.165) is 25.2 Å². The van der Waals surface area contributed by atoms with Gasteiger partial charge < -0.3 is 4.74 Å². The van der Waals surface area contributed by atoms with E-state index in [1.54, 1.807) is 0 Å². The molecule has 298 valence electrons. The zero-order chi connectivity index (χ0) is 36.3. The normalized spacial score (nSPS) is 12.3. The Bertz CT molecular complexity index is 655. The Hall–Kier alpha value is -0.790. The van der Waals surface area contributed by atoms with Gasteiger partial charge in [0.1, 0.15) is 0 Å². The van der Waals surface area contributed by atoms with Crippen LogP contribution in [0.25, 0.3) is 0 Å². The standard InChI is InChI=1S/C48H94O2/c1-4-6-7-8-9-10-11-26-30-33-36-39-42-45-48(49)50-46-43-40-37-34-31-28-25-23-21-19-17-15-13-12-14-16-18-20-22-24-27-29-32-35-38-41-44-47(3)5-2/h10-11,47H,4-9,12-46H2,1-3H3/b11-10-. The number of allylic oxidation sites excluding steroid dienone is 2. The second-order valence-corrected chi connectivity index (χ2v) is 16.3. The number of carbonyl (C=O) groups is 1. The zero-order valence-electron chi connectivity index (χ0n) is 35.0. The molecule has 0 saturated heterocycles. The summed E-state index contributed by atoms with van der Waals surface area (Å²) in [6.07, 6.45) is 59.0. The Kier molecular flexibility index (Phi) is 43.7. The third-order valence-electron chi connectivity index (χ3n) is 11.2. The number of ether oxygens (including phenoxy) is 1. The summed E-state index contributed by atoms with van der Waals surface area (Å²) in [7, 11) is 0. The van der Waals surface area contributed by atoms with E-state index in [2.05, 4.69) is 32.9 Å². The molecule has 2 nitrogen and oxygen atoms in total. The third kappa shape index (κ3) is 43.4. The van der Waals surface area contributed by atoms with Gasteiger partial charge in [-0.2, -0.15) is 0 Å². The van der Waals surface area contributed by atoms with Crippen LogP contribution in [0.2, 0.25) is 0 Å². The van der Waals surface area contributed by atoms with Crippen LogP contribution in [-0.4, -0.2) is 12.6 Å². The maximum absolute atomic E-state index is 12.0. The van der Waals surface area contributed by atoms with Crippen LogP contribution >= 0.6 is 0 Å². The highest BCUT2D eigenvalue weighted by Crippen LogP contribution is 2.18. The van der Waals surface area contributed by atoms with E-state index in [1.807, 2.05) is 0 Å². The molecule has 0 radical (unpaired) electrons. The van der Waals surface area contributed by atoms with E-state index in [1.165, 1.54) is 231 Å². The first-order valence-electron chi connectivity index (χ1n) is 23.5. The fourth-order valence-electron chi connectivity index (χ4n) is 7.29. The van der Waals surface area contributed by atoms with Gasteiger partial charge in [-0.15, -0.1) is 0 Å². The summed E-state index contributed by atoms with van der Waals surface area (Å²) in [5.74, 6) is 0.958. The van der Waals surface area contributed by atoms with Gasteiger partial charge in [0.25, 0.3) is 0 Å². The summed E-state index contributed by atoms with van der Waals surface area (Å²) in [5, 5.41) is 0. The highest BCUT2D eigenvalue weighted by Gasteiger charge is 2.03. The van der Waals surface area contributed by atoms with Gasteiger partial charge in [-0.3, -0.25) is 4.79 Å². The lowest BCUT2D eigenvalue weighted by Gasteiger charge is -2.07. The van der Waals surface area contributed by atoms with E-state index in [-0.39, 0.29) is 5.97 Å². The zero-order valence-corrected chi connectivity index (χ0v) is 35.0. The summed E-state index contributed by atoms with van der Waals surface area (Å²) in [4.78, 5) is 12.0. The first-order valence-corrected chi connectivity index (χ1v) is 23.5. The van der Waals surface area contributed by atoms with Gasteiger partial charge in [-0.25, -0.2) is 0 Å². The van der Waals surface area contributed by atoms with Gasteiger partial charge in [-0.05, 0) is 44.4 Å². The average Bonchev–Trinajstić information content (AvgIpc) is 3.12. The highest BCUT2D eigenvalue weighted by molar-refractivity contribution is 5.69. The van der Waals surface area contributed by atoms with Crippen molar-refractivity contribution in [3.63, 3.8) is 0 Å². The molecule has 1 unspecified atom stereocenters. The Labute approximate surface area is 316 Å². The van der Waals surface area contributed by atoms with E-state index in [0.29, 0.717) is 13.0 Å². The topological polar surface area (TPSA) is 26.3 Å². The van der Waals surface area contributed by atoms with Crippen molar-refractivity contribution in [2.45, 2.75) is 278 Å². The fourth-order valence-corrected chi connectivity index (χ4v) is 7.29. The average molecular weight is 703 g/mol. The number of carbonyl (C=O) groups excluding carboxylic acids is 1. The lowest BCUT2D eigenvalue weighted by atomic mass is 9.99.